The minimum atomic E-state index is 1.08. The molecule has 19 heavy (non-hydrogen) atoms. The van der Waals surface area contributed by atoms with Crippen LogP contribution in [0.2, 0.25) is 0 Å². The van der Waals surface area contributed by atoms with Gasteiger partial charge in [0.15, 0.2) is 0 Å². The van der Waals surface area contributed by atoms with E-state index in [2.05, 4.69) is 60.7 Å². The van der Waals surface area contributed by atoms with E-state index in [1.165, 1.54) is 21.4 Å². The van der Waals surface area contributed by atoms with Gasteiger partial charge in [-0.3, -0.25) is 0 Å². The zero-order valence-electron chi connectivity index (χ0n) is 10.2. The Morgan fingerprint density at radius 2 is 1.53 bits per heavy atom. The van der Waals surface area contributed by atoms with Gasteiger partial charge in [0, 0.05) is 5.56 Å². The summed E-state index contributed by atoms with van der Waals surface area (Å²) in [7, 11) is 0. The molecular weight excluding hydrogens is 250 g/mol. The molecule has 2 aromatic rings. The van der Waals surface area contributed by atoms with E-state index in [-0.39, 0.29) is 0 Å². The number of rotatable bonds is 1. The Balaban J connectivity index is 1.96. The van der Waals surface area contributed by atoms with E-state index in [4.69, 9.17) is 4.98 Å². The topological polar surface area (TPSA) is 12.9 Å². The average Bonchev–Trinajstić information content (AvgIpc) is 2.96. The first-order valence-electron chi connectivity index (χ1n) is 6.25. The molecule has 1 aromatic carbocycles. The molecule has 4 rings (SSSR count). The van der Waals surface area contributed by atoms with Gasteiger partial charge in [-0.25, -0.2) is 4.98 Å². The van der Waals surface area contributed by atoms with Crippen molar-refractivity contribution in [1.82, 2.24) is 4.98 Å². The molecule has 0 N–H and O–H groups in total. The van der Waals surface area contributed by atoms with Crippen LogP contribution in [0, 0.1) is 0 Å². The van der Waals surface area contributed by atoms with Crippen molar-refractivity contribution >= 4 is 21.6 Å². The summed E-state index contributed by atoms with van der Waals surface area (Å²) in [5, 5.41) is 1.10. The monoisotopic (exact) mass is 261 g/mol. The first-order chi connectivity index (χ1) is 9.42. The highest BCUT2D eigenvalue weighted by Crippen LogP contribution is 2.38. The molecule has 90 valence electrons. The highest BCUT2D eigenvalue weighted by molar-refractivity contribution is 7.21. The fraction of sp³-hybridized carbons (Fsp3) is 0. The van der Waals surface area contributed by atoms with Crippen LogP contribution in [0.5, 0.6) is 0 Å². The summed E-state index contributed by atoms with van der Waals surface area (Å²) in [6, 6.07) is 23.2. The van der Waals surface area contributed by atoms with Gasteiger partial charge in [-0.05, 0) is 23.3 Å². The van der Waals surface area contributed by atoms with E-state index in [0.717, 1.165) is 10.5 Å². The molecule has 0 saturated carbocycles. The van der Waals surface area contributed by atoms with Crippen LogP contribution in [0.1, 0.15) is 0 Å². The lowest BCUT2D eigenvalue weighted by Gasteiger charge is -1.96. The maximum Gasteiger partial charge on any atom is 0.125 e. The summed E-state index contributed by atoms with van der Waals surface area (Å²) in [4.78, 5) is 4.74. The molecule has 1 aromatic heterocycles. The molecule has 2 aliphatic rings. The van der Waals surface area contributed by atoms with E-state index >= 15 is 0 Å². The van der Waals surface area contributed by atoms with Gasteiger partial charge in [-0.15, -0.1) is 11.3 Å². The molecule has 2 heteroatoms. The van der Waals surface area contributed by atoms with E-state index in [0.29, 0.717) is 0 Å². The number of fused-ring (bicyclic) bond motifs is 2. The third-order valence-corrected chi connectivity index (χ3v) is 4.39. The largest absolute Gasteiger partial charge is 0.236 e. The summed E-state index contributed by atoms with van der Waals surface area (Å²) in [5.74, 6) is 0. The molecule has 0 atom stereocenters. The molecule has 0 saturated heterocycles. The molecule has 0 amide bonds. The first-order valence-corrected chi connectivity index (χ1v) is 7.07. The predicted octanol–water partition coefficient (Wildman–Crippen LogP) is 5.07. The van der Waals surface area contributed by atoms with Crippen LogP contribution in [0.4, 0.5) is 0 Å². The number of hydrogen-bond acceptors (Lipinski definition) is 2. The quantitative estimate of drug-likeness (QED) is 0.466. The number of hydrogen-bond donors (Lipinski definition) is 0. The van der Waals surface area contributed by atoms with Crippen LogP contribution in [0.15, 0.2) is 66.7 Å². The standard InChI is InChI=1S/C17H11NS/c1-2-6-12-10-11-14(13(12)7-3-1)17-18-15-8-4-5-9-16(15)19-17/h1-11H. The second kappa shape index (κ2) is 4.18. The second-order valence-electron chi connectivity index (χ2n) is 4.51. The van der Waals surface area contributed by atoms with Crippen molar-refractivity contribution in [2.75, 3.05) is 0 Å². The van der Waals surface area contributed by atoms with Crippen molar-refractivity contribution in [3.8, 4) is 21.7 Å². The van der Waals surface area contributed by atoms with Gasteiger partial charge in [-0.1, -0.05) is 54.6 Å². The Hall–Kier alpha value is -2.19. The number of benzene rings is 1. The number of thiazole rings is 1. The summed E-state index contributed by atoms with van der Waals surface area (Å²) in [6.45, 7) is 0. The molecule has 2 aliphatic carbocycles. The predicted molar refractivity (Wildman–Crippen MR) is 81.7 cm³/mol. The van der Waals surface area contributed by atoms with Crippen molar-refractivity contribution in [1.29, 1.82) is 0 Å². The molecule has 1 heterocycles. The average molecular weight is 261 g/mol. The summed E-state index contributed by atoms with van der Waals surface area (Å²) in [5.41, 5.74) is 4.84. The highest BCUT2D eigenvalue weighted by atomic mass is 32.1. The van der Waals surface area contributed by atoms with Crippen molar-refractivity contribution in [3.05, 3.63) is 66.7 Å². The zero-order valence-corrected chi connectivity index (χ0v) is 11.0. The van der Waals surface area contributed by atoms with Crippen LogP contribution in [0.3, 0.4) is 0 Å². The van der Waals surface area contributed by atoms with Gasteiger partial charge >= 0.3 is 0 Å². The van der Waals surface area contributed by atoms with E-state index in [9.17, 15) is 0 Å². The van der Waals surface area contributed by atoms with Crippen molar-refractivity contribution in [2.45, 2.75) is 0 Å². The third-order valence-electron chi connectivity index (χ3n) is 3.32. The van der Waals surface area contributed by atoms with Gasteiger partial charge in [0.25, 0.3) is 0 Å². The second-order valence-corrected chi connectivity index (χ2v) is 5.54. The lowest BCUT2D eigenvalue weighted by atomic mass is 10.1. The normalized spacial score (nSPS) is 11.2. The summed E-state index contributed by atoms with van der Waals surface area (Å²) < 4.78 is 1.24. The Bertz CT molecular complexity index is 798. The number of para-hydroxylation sites is 1. The fourth-order valence-corrected chi connectivity index (χ4v) is 3.39. The molecule has 0 fully saturated rings. The van der Waals surface area contributed by atoms with Crippen LogP contribution in [-0.4, -0.2) is 4.98 Å². The van der Waals surface area contributed by atoms with Gasteiger partial charge < -0.3 is 0 Å². The smallest absolute Gasteiger partial charge is 0.125 e. The Kier molecular flexibility index (Phi) is 2.35. The molecule has 0 radical (unpaired) electrons. The number of aromatic nitrogens is 1. The van der Waals surface area contributed by atoms with Crippen LogP contribution in [0.25, 0.3) is 31.9 Å². The van der Waals surface area contributed by atoms with Gasteiger partial charge in [0.1, 0.15) is 5.01 Å². The summed E-state index contributed by atoms with van der Waals surface area (Å²) in [6.07, 6.45) is 0. The first kappa shape index (κ1) is 10.7. The summed E-state index contributed by atoms with van der Waals surface area (Å²) >= 11 is 1.76. The maximum atomic E-state index is 4.74. The molecule has 0 unspecified atom stereocenters. The van der Waals surface area contributed by atoms with Crippen molar-refractivity contribution in [3.63, 3.8) is 0 Å². The van der Waals surface area contributed by atoms with Crippen LogP contribution < -0.4 is 0 Å². The van der Waals surface area contributed by atoms with Gasteiger partial charge in [0.2, 0.25) is 0 Å². The van der Waals surface area contributed by atoms with E-state index in [1.54, 1.807) is 11.3 Å². The van der Waals surface area contributed by atoms with Crippen LogP contribution in [-0.2, 0) is 0 Å². The molecule has 0 bridgehead atoms. The molecule has 1 nitrogen and oxygen atoms in total. The lowest BCUT2D eigenvalue weighted by Crippen LogP contribution is -1.74. The molecule has 0 spiro atoms. The zero-order chi connectivity index (χ0) is 12.7. The lowest BCUT2D eigenvalue weighted by molar-refractivity contribution is 1.49. The van der Waals surface area contributed by atoms with E-state index in [1.807, 2.05) is 6.07 Å². The fourth-order valence-electron chi connectivity index (χ4n) is 2.39. The highest BCUT2D eigenvalue weighted by Gasteiger charge is 2.13. The van der Waals surface area contributed by atoms with Crippen molar-refractivity contribution in [2.24, 2.45) is 0 Å². The van der Waals surface area contributed by atoms with Crippen molar-refractivity contribution < 1.29 is 0 Å². The Morgan fingerprint density at radius 1 is 0.684 bits per heavy atom. The number of nitrogens with zero attached hydrogens (tertiary/aromatic N) is 1. The maximum absolute atomic E-state index is 4.74. The van der Waals surface area contributed by atoms with Gasteiger partial charge in [0.05, 0.1) is 10.2 Å². The Morgan fingerprint density at radius 3 is 2.47 bits per heavy atom. The molecule has 0 aliphatic heterocycles. The van der Waals surface area contributed by atoms with E-state index < -0.39 is 0 Å². The SMILES string of the molecule is c1ccc2ccc(-c3nc4ccccc4s3)c-2cc1. The Labute approximate surface area is 115 Å². The van der Waals surface area contributed by atoms with Gasteiger partial charge in [-0.2, -0.15) is 0 Å². The molecular formula is C17H11NS. The minimum absolute atomic E-state index is 1.08. The third kappa shape index (κ3) is 1.72. The van der Waals surface area contributed by atoms with Crippen LogP contribution >= 0.6 is 11.3 Å². The minimum Gasteiger partial charge on any atom is -0.236 e.